The Morgan fingerprint density at radius 1 is 1.55 bits per heavy atom. The summed E-state index contributed by atoms with van der Waals surface area (Å²) in [5.41, 5.74) is -0.00444. The van der Waals surface area contributed by atoms with Gasteiger partial charge in [-0.3, -0.25) is 0 Å². The Balaban J connectivity index is 2.81. The Labute approximate surface area is 67.8 Å². The summed E-state index contributed by atoms with van der Waals surface area (Å²) < 4.78 is 13.4. The van der Waals surface area contributed by atoms with Crippen LogP contribution in [0.5, 0.6) is 0 Å². The number of halogens is 1. The number of hydrogen-bond donors (Lipinski definition) is 0. The lowest BCUT2D eigenvalue weighted by molar-refractivity contribution is 0.256. The molecule has 0 aromatic carbocycles. The number of rotatable bonds is 1. The van der Waals surface area contributed by atoms with Crippen molar-refractivity contribution in [3.63, 3.8) is 0 Å². The summed E-state index contributed by atoms with van der Waals surface area (Å²) in [6.07, 6.45) is 6.18. The third-order valence-electron chi connectivity index (χ3n) is 1.96. The Hall–Kier alpha value is -0.590. The van der Waals surface area contributed by atoms with Crippen molar-refractivity contribution in [3.05, 3.63) is 23.8 Å². The van der Waals surface area contributed by atoms with E-state index in [4.69, 9.17) is 0 Å². The van der Waals surface area contributed by atoms with Crippen LogP contribution in [0.15, 0.2) is 23.8 Å². The van der Waals surface area contributed by atoms with Gasteiger partial charge in [0, 0.05) is 6.42 Å². The molecule has 1 atom stereocenters. The highest BCUT2D eigenvalue weighted by Crippen LogP contribution is 2.27. The molecule has 0 aromatic rings. The number of hydrogen-bond acceptors (Lipinski definition) is 0. The summed E-state index contributed by atoms with van der Waals surface area (Å²) in [7, 11) is 0. The van der Waals surface area contributed by atoms with Crippen molar-refractivity contribution in [2.75, 3.05) is 0 Å². The maximum absolute atomic E-state index is 13.4. The molecular weight excluding hydrogens is 139 g/mol. The average molecular weight is 154 g/mol. The van der Waals surface area contributed by atoms with Gasteiger partial charge in [-0.1, -0.05) is 26.0 Å². The molecule has 1 heteroatoms. The molecule has 0 saturated heterocycles. The summed E-state index contributed by atoms with van der Waals surface area (Å²) in [5.74, 6) is 0.432. The standard InChI is InChI=1S/C10H15F/c1-8(2)9-5-4-6-10(3,11)7-9/h4-5,7-8H,6H2,1-3H3. The second-order valence-electron chi connectivity index (χ2n) is 3.68. The average Bonchev–Trinajstić information content (AvgIpc) is 1.85. The highest BCUT2D eigenvalue weighted by molar-refractivity contribution is 5.29. The molecule has 0 saturated carbocycles. The smallest absolute Gasteiger partial charge is 0.130 e. The summed E-state index contributed by atoms with van der Waals surface area (Å²) in [4.78, 5) is 0. The normalized spacial score (nSPS) is 30.8. The topological polar surface area (TPSA) is 0 Å². The zero-order valence-electron chi connectivity index (χ0n) is 7.39. The van der Waals surface area contributed by atoms with Crippen LogP contribution in [-0.2, 0) is 0 Å². The van der Waals surface area contributed by atoms with E-state index in [-0.39, 0.29) is 0 Å². The molecule has 1 aliphatic carbocycles. The van der Waals surface area contributed by atoms with Gasteiger partial charge in [-0.05, 0) is 24.5 Å². The Bertz CT molecular complexity index is 197. The molecule has 0 bridgehead atoms. The van der Waals surface area contributed by atoms with Crippen LogP contribution in [-0.4, -0.2) is 5.67 Å². The van der Waals surface area contributed by atoms with Crippen LogP contribution in [0.3, 0.4) is 0 Å². The first kappa shape index (κ1) is 8.51. The highest BCUT2D eigenvalue weighted by Gasteiger charge is 2.22. The predicted molar refractivity (Wildman–Crippen MR) is 46.2 cm³/mol. The monoisotopic (exact) mass is 154 g/mol. The molecule has 11 heavy (non-hydrogen) atoms. The van der Waals surface area contributed by atoms with Crippen LogP contribution in [0.25, 0.3) is 0 Å². The largest absolute Gasteiger partial charge is 0.239 e. The predicted octanol–water partition coefficient (Wildman–Crippen LogP) is 3.26. The fourth-order valence-electron chi connectivity index (χ4n) is 1.24. The van der Waals surface area contributed by atoms with Gasteiger partial charge in [0.2, 0.25) is 0 Å². The van der Waals surface area contributed by atoms with E-state index in [9.17, 15) is 4.39 Å². The van der Waals surface area contributed by atoms with E-state index in [0.717, 1.165) is 5.57 Å². The molecule has 62 valence electrons. The summed E-state index contributed by atoms with van der Waals surface area (Å²) >= 11 is 0. The van der Waals surface area contributed by atoms with Gasteiger partial charge in [-0.2, -0.15) is 0 Å². The molecule has 0 nitrogen and oxygen atoms in total. The van der Waals surface area contributed by atoms with E-state index in [0.29, 0.717) is 12.3 Å². The zero-order chi connectivity index (χ0) is 8.48. The van der Waals surface area contributed by atoms with Crippen molar-refractivity contribution in [3.8, 4) is 0 Å². The first-order valence-corrected chi connectivity index (χ1v) is 4.09. The van der Waals surface area contributed by atoms with Crippen LogP contribution in [0, 0.1) is 5.92 Å². The van der Waals surface area contributed by atoms with Crippen LogP contribution in [0.1, 0.15) is 27.2 Å². The lowest BCUT2D eigenvalue weighted by Gasteiger charge is -2.21. The minimum Gasteiger partial charge on any atom is -0.239 e. The quantitative estimate of drug-likeness (QED) is 0.544. The zero-order valence-corrected chi connectivity index (χ0v) is 7.39. The maximum Gasteiger partial charge on any atom is 0.130 e. The van der Waals surface area contributed by atoms with Gasteiger partial charge >= 0.3 is 0 Å². The van der Waals surface area contributed by atoms with E-state index >= 15 is 0 Å². The minimum absolute atomic E-state index is 0.432. The first-order chi connectivity index (χ1) is 5.01. The van der Waals surface area contributed by atoms with Crippen molar-refractivity contribution in [2.45, 2.75) is 32.9 Å². The van der Waals surface area contributed by atoms with E-state index in [2.05, 4.69) is 13.8 Å². The van der Waals surface area contributed by atoms with Crippen molar-refractivity contribution in [2.24, 2.45) is 5.92 Å². The number of allylic oxidation sites excluding steroid dienone is 4. The van der Waals surface area contributed by atoms with Crippen molar-refractivity contribution >= 4 is 0 Å². The fraction of sp³-hybridized carbons (Fsp3) is 0.600. The van der Waals surface area contributed by atoms with Crippen molar-refractivity contribution in [1.29, 1.82) is 0 Å². The molecule has 0 heterocycles. The molecule has 1 rings (SSSR count). The third kappa shape index (κ3) is 2.18. The van der Waals surface area contributed by atoms with E-state index in [1.807, 2.05) is 12.2 Å². The molecule has 0 radical (unpaired) electrons. The van der Waals surface area contributed by atoms with Gasteiger partial charge in [-0.25, -0.2) is 4.39 Å². The van der Waals surface area contributed by atoms with Crippen LogP contribution < -0.4 is 0 Å². The molecule has 0 aliphatic heterocycles. The van der Waals surface area contributed by atoms with Gasteiger partial charge in [0.15, 0.2) is 0 Å². The van der Waals surface area contributed by atoms with E-state index < -0.39 is 5.67 Å². The maximum atomic E-state index is 13.4. The minimum atomic E-state index is -1.12. The second-order valence-corrected chi connectivity index (χ2v) is 3.68. The molecule has 0 amide bonds. The van der Waals surface area contributed by atoms with Crippen molar-refractivity contribution in [1.82, 2.24) is 0 Å². The fourth-order valence-corrected chi connectivity index (χ4v) is 1.24. The van der Waals surface area contributed by atoms with Gasteiger partial charge in [0.05, 0.1) is 0 Å². The van der Waals surface area contributed by atoms with Crippen molar-refractivity contribution < 1.29 is 4.39 Å². The highest BCUT2D eigenvalue weighted by atomic mass is 19.1. The third-order valence-corrected chi connectivity index (χ3v) is 1.96. The van der Waals surface area contributed by atoms with Crippen LogP contribution in [0.2, 0.25) is 0 Å². The van der Waals surface area contributed by atoms with Crippen LogP contribution in [0.4, 0.5) is 4.39 Å². The molecular formula is C10H15F. The van der Waals surface area contributed by atoms with Gasteiger partial charge in [0.1, 0.15) is 5.67 Å². The SMILES string of the molecule is CC(C)C1=CC(C)(F)CC=C1. The first-order valence-electron chi connectivity index (χ1n) is 4.09. The lowest BCUT2D eigenvalue weighted by atomic mass is 9.90. The van der Waals surface area contributed by atoms with E-state index in [1.54, 1.807) is 13.0 Å². The summed E-state index contributed by atoms with van der Waals surface area (Å²) in [6.45, 7) is 5.79. The number of alkyl halides is 1. The van der Waals surface area contributed by atoms with Gasteiger partial charge < -0.3 is 0 Å². The second kappa shape index (κ2) is 2.80. The van der Waals surface area contributed by atoms with Gasteiger partial charge in [-0.15, -0.1) is 0 Å². The molecule has 0 fully saturated rings. The van der Waals surface area contributed by atoms with Crippen LogP contribution >= 0.6 is 0 Å². The molecule has 0 aromatic heterocycles. The summed E-state index contributed by atoms with van der Waals surface area (Å²) in [6, 6.07) is 0. The Morgan fingerprint density at radius 3 is 2.55 bits per heavy atom. The lowest BCUT2D eigenvalue weighted by Crippen LogP contribution is -2.17. The Kier molecular flexibility index (Phi) is 2.17. The molecule has 0 N–H and O–H groups in total. The van der Waals surface area contributed by atoms with Gasteiger partial charge in [0.25, 0.3) is 0 Å². The Morgan fingerprint density at radius 2 is 2.18 bits per heavy atom. The molecule has 0 spiro atoms. The summed E-state index contributed by atoms with van der Waals surface area (Å²) in [5, 5.41) is 0. The van der Waals surface area contributed by atoms with E-state index in [1.165, 1.54) is 0 Å². The molecule has 1 unspecified atom stereocenters. The molecule has 1 aliphatic rings.